The maximum Gasteiger partial charge on any atom is 0.328 e. The Kier molecular flexibility index (Phi) is 6.11. The summed E-state index contributed by atoms with van der Waals surface area (Å²) < 4.78 is 5.38. The molecule has 0 aromatic heterocycles. The molecule has 1 amide bonds. The monoisotopic (exact) mass is 291 g/mol. The van der Waals surface area contributed by atoms with Crippen LogP contribution in [0.5, 0.6) is 0 Å². The summed E-state index contributed by atoms with van der Waals surface area (Å²) in [6.07, 6.45) is 2.59. The number of hydrogen-bond acceptors (Lipinski definition) is 3. The van der Waals surface area contributed by atoms with Gasteiger partial charge >= 0.3 is 5.97 Å². The number of benzene rings is 1. The molecule has 0 fully saturated rings. The van der Waals surface area contributed by atoms with Crippen molar-refractivity contribution in [2.24, 2.45) is 0 Å². The van der Waals surface area contributed by atoms with Crippen molar-refractivity contribution in [3.8, 4) is 0 Å². The first-order valence-corrected chi connectivity index (χ1v) is 6.67. The summed E-state index contributed by atoms with van der Waals surface area (Å²) >= 11 is 0. The third kappa shape index (κ3) is 7.89. The van der Waals surface area contributed by atoms with Crippen LogP contribution >= 0.6 is 0 Å². The first-order chi connectivity index (χ1) is 9.76. The fourth-order valence-electron chi connectivity index (χ4n) is 1.51. The molecule has 21 heavy (non-hydrogen) atoms. The van der Waals surface area contributed by atoms with Gasteiger partial charge in [0.05, 0.1) is 5.60 Å². The Morgan fingerprint density at radius 3 is 2.67 bits per heavy atom. The van der Waals surface area contributed by atoms with E-state index in [2.05, 4.69) is 5.32 Å². The average Bonchev–Trinajstić information content (AvgIpc) is 2.40. The quantitative estimate of drug-likeness (QED) is 0.788. The number of ether oxygens (including phenoxy) is 1. The molecule has 1 aromatic rings. The van der Waals surface area contributed by atoms with Gasteiger partial charge in [-0.25, -0.2) is 4.79 Å². The molecule has 0 saturated heterocycles. The highest BCUT2D eigenvalue weighted by Crippen LogP contribution is 2.08. The van der Waals surface area contributed by atoms with E-state index in [0.717, 1.165) is 17.2 Å². The van der Waals surface area contributed by atoms with E-state index in [4.69, 9.17) is 9.84 Å². The second-order valence-electron chi connectivity index (χ2n) is 5.59. The molecule has 2 N–H and O–H groups in total. The van der Waals surface area contributed by atoms with Crippen LogP contribution in [0.3, 0.4) is 0 Å². The van der Waals surface area contributed by atoms with Crippen molar-refractivity contribution in [2.45, 2.75) is 32.9 Å². The van der Waals surface area contributed by atoms with E-state index in [9.17, 15) is 9.59 Å². The fourth-order valence-corrected chi connectivity index (χ4v) is 1.51. The summed E-state index contributed by atoms with van der Waals surface area (Å²) in [5.41, 5.74) is 1.32. The molecule has 114 valence electrons. The molecule has 5 nitrogen and oxygen atoms in total. The van der Waals surface area contributed by atoms with Crippen molar-refractivity contribution >= 4 is 18.0 Å². The van der Waals surface area contributed by atoms with Crippen LogP contribution in [0.2, 0.25) is 0 Å². The molecule has 0 spiro atoms. The van der Waals surface area contributed by atoms with Gasteiger partial charge < -0.3 is 15.2 Å². The van der Waals surface area contributed by atoms with Gasteiger partial charge in [0.15, 0.2) is 0 Å². The van der Waals surface area contributed by atoms with Crippen LogP contribution in [-0.4, -0.2) is 29.2 Å². The summed E-state index contributed by atoms with van der Waals surface area (Å²) in [5.74, 6) is -1.18. The molecule has 0 heterocycles. The van der Waals surface area contributed by atoms with Crippen LogP contribution in [0.1, 0.15) is 31.9 Å². The van der Waals surface area contributed by atoms with Crippen LogP contribution in [0.25, 0.3) is 6.08 Å². The Morgan fingerprint density at radius 2 is 2.05 bits per heavy atom. The molecule has 1 aromatic carbocycles. The first-order valence-electron chi connectivity index (χ1n) is 6.67. The minimum atomic E-state index is -0.993. The number of aliphatic carboxylic acids is 1. The number of carboxylic acid groups (broad SMARTS) is 1. The topological polar surface area (TPSA) is 75.6 Å². The van der Waals surface area contributed by atoms with E-state index in [0.29, 0.717) is 6.54 Å². The van der Waals surface area contributed by atoms with Crippen molar-refractivity contribution in [1.29, 1.82) is 0 Å². The number of carboxylic acids is 1. The molecular formula is C16H21NO4. The normalized spacial score (nSPS) is 11.6. The number of hydrogen-bond donors (Lipinski definition) is 2. The van der Waals surface area contributed by atoms with E-state index >= 15 is 0 Å². The first kappa shape index (κ1) is 16.9. The lowest BCUT2D eigenvalue weighted by Gasteiger charge is -2.19. The Balaban J connectivity index is 2.50. The van der Waals surface area contributed by atoms with Gasteiger partial charge in [0, 0.05) is 12.6 Å². The van der Waals surface area contributed by atoms with E-state index < -0.39 is 5.97 Å². The van der Waals surface area contributed by atoms with Crippen LogP contribution < -0.4 is 5.32 Å². The van der Waals surface area contributed by atoms with Gasteiger partial charge in [-0.1, -0.05) is 18.2 Å². The molecule has 0 bridgehead atoms. The zero-order chi connectivity index (χ0) is 15.9. The smallest absolute Gasteiger partial charge is 0.328 e. The van der Waals surface area contributed by atoms with E-state index in [1.807, 2.05) is 39.0 Å². The predicted molar refractivity (Wildman–Crippen MR) is 80.7 cm³/mol. The summed E-state index contributed by atoms with van der Waals surface area (Å²) in [4.78, 5) is 22.1. The minimum Gasteiger partial charge on any atom is -0.478 e. The third-order valence-electron chi connectivity index (χ3n) is 2.50. The highest BCUT2D eigenvalue weighted by molar-refractivity contribution is 5.85. The lowest BCUT2D eigenvalue weighted by Crippen LogP contribution is -2.31. The van der Waals surface area contributed by atoms with Gasteiger partial charge in [0.1, 0.15) is 6.61 Å². The Morgan fingerprint density at radius 1 is 1.33 bits per heavy atom. The predicted octanol–water partition coefficient (Wildman–Crippen LogP) is 2.22. The molecule has 0 aliphatic rings. The average molecular weight is 291 g/mol. The zero-order valence-electron chi connectivity index (χ0n) is 12.6. The Labute approximate surface area is 124 Å². The van der Waals surface area contributed by atoms with Crippen molar-refractivity contribution in [3.05, 3.63) is 41.5 Å². The molecule has 0 aliphatic heterocycles. The van der Waals surface area contributed by atoms with Crippen molar-refractivity contribution in [2.75, 3.05) is 6.61 Å². The SMILES string of the molecule is CC(C)(C)OCC(=O)NCc1cccc(/C=C/C(=O)O)c1. The molecule has 0 unspecified atom stereocenters. The van der Waals surface area contributed by atoms with E-state index in [-0.39, 0.29) is 18.1 Å². The van der Waals surface area contributed by atoms with E-state index in [1.165, 1.54) is 6.08 Å². The number of rotatable bonds is 6. The van der Waals surface area contributed by atoms with Crippen molar-refractivity contribution in [3.63, 3.8) is 0 Å². The Hall–Kier alpha value is -2.14. The molecule has 0 radical (unpaired) electrons. The van der Waals surface area contributed by atoms with Crippen LogP contribution in [-0.2, 0) is 20.9 Å². The van der Waals surface area contributed by atoms with Gasteiger partial charge in [0.2, 0.25) is 5.91 Å². The third-order valence-corrected chi connectivity index (χ3v) is 2.50. The molecule has 0 aliphatic carbocycles. The van der Waals surface area contributed by atoms with Gasteiger partial charge in [-0.3, -0.25) is 4.79 Å². The molecular weight excluding hydrogens is 270 g/mol. The van der Waals surface area contributed by atoms with Crippen LogP contribution in [0.15, 0.2) is 30.3 Å². The van der Waals surface area contributed by atoms with Crippen molar-refractivity contribution in [1.82, 2.24) is 5.32 Å². The fraction of sp³-hybridized carbons (Fsp3) is 0.375. The summed E-state index contributed by atoms with van der Waals surface area (Å²) in [6.45, 7) is 6.05. The summed E-state index contributed by atoms with van der Waals surface area (Å²) in [7, 11) is 0. The van der Waals surface area contributed by atoms with Crippen LogP contribution in [0.4, 0.5) is 0 Å². The molecule has 0 atom stereocenters. The van der Waals surface area contributed by atoms with Gasteiger partial charge in [-0.05, 0) is 44.0 Å². The largest absolute Gasteiger partial charge is 0.478 e. The van der Waals surface area contributed by atoms with Gasteiger partial charge in [-0.2, -0.15) is 0 Å². The molecule has 1 rings (SSSR count). The molecule has 5 heteroatoms. The van der Waals surface area contributed by atoms with Crippen LogP contribution in [0, 0.1) is 0 Å². The highest BCUT2D eigenvalue weighted by atomic mass is 16.5. The lowest BCUT2D eigenvalue weighted by molar-refractivity contribution is -0.131. The maximum absolute atomic E-state index is 11.6. The second-order valence-corrected chi connectivity index (χ2v) is 5.59. The second kappa shape index (κ2) is 7.59. The Bertz CT molecular complexity index is 529. The maximum atomic E-state index is 11.6. The summed E-state index contributed by atoms with van der Waals surface area (Å²) in [6, 6.07) is 7.30. The lowest BCUT2D eigenvalue weighted by atomic mass is 10.1. The standard InChI is InChI=1S/C16H21NO4/c1-16(2,3)21-11-14(18)17-10-13-6-4-5-12(9-13)7-8-15(19)20/h4-9H,10-11H2,1-3H3,(H,17,18)(H,19,20)/b8-7+. The minimum absolute atomic E-state index is 0.0160. The highest BCUT2D eigenvalue weighted by Gasteiger charge is 2.12. The van der Waals surface area contributed by atoms with Gasteiger partial charge in [0.25, 0.3) is 0 Å². The summed E-state index contributed by atoms with van der Waals surface area (Å²) in [5, 5.41) is 11.3. The van der Waals surface area contributed by atoms with Gasteiger partial charge in [-0.15, -0.1) is 0 Å². The number of carbonyl (C=O) groups is 2. The number of nitrogens with one attached hydrogen (secondary N) is 1. The zero-order valence-corrected chi connectivity index (χ0v) is 12.6. The van der Waals surface area contributed by atoms with E-state index in [1.54, 1.807) is 6.07 Å². The molecule has 0 saturated carbocycles. The van der Waals surface area contributed by atoms with Crippen molar-refractivity contribution < 1.29 is 19.4 Å². The number of carbonyl (C=O) groups excluding carboxylic acids is 1. The number of amides is 1.